The Balaban J connectivity index is 0.000000921. The third-order valence-corrected chi connectivity index (χ3v) is 1.77. The second kappa shape index (κ2) is 6.31. The van der Waals surface area contributed by atoms with Gasteiger partial charge in [-0.15, -0.1) is 12.8 Å². The normalized spacial score (nSPS) is 16.2. The lowest BCUT2D eigenvalue weighted by atomic mass is 10.2. The molecule has 86 valence electrons. The van der Waals surface area contributed by atoms with Gasteiger partial charge in [0.1, 0.15) is 5.60 Å². The Bertz CT molecular complexity index is 212. The van der Waals surface area contributed by atoms with Crippen LogP contribution in [0.5, 0.6) is 0 Å². The van der Waals surface area contributed by atoms with Crippen LogP contribution in [0.15, 0.2) is 0 Å². The number of carbonyl (C=O) groups is 1. The molecule has 4 heteroatoms. The summed E-state index contributed by atoms with van der Waals surface area (Å²) >= 11 is 0. The number of nitrogens with one attached hydrogen (secondary N) is 1. The molecule has 0 aromatic heterocycles. The molecule has 0 aliphatic carbocycles. The zero-order valence-corrected chi connectivity index (χ0v) is 9.75. The number of hydrogen-bond donors (Lipinski definition) is 1. The minimum atomic E-state index is -0.387. The van der Waals surface area contributed by atoms with Gasteiger partial charge in [-0.2, -0.15) is 0 Å². The Hall–Kier alpha value is -1.21. The highest BCUT2D eigenvalue weighted by Gasteiger charge is 2.22. The fourth-order valence-corrected chi connectivity index (χ4v) is 1.17. The van der Waals surface area contributed by atoms with Crippen LogP contribution in [0.1, 0.15) is 20.8 Å². The van der Waals surface area contributed by atoms with E-state index in [4.69, 9.17) is 4.74 Å². The molecule has 0 aromatic carbocycles. The van der Waals surface area contributed by atoms with Crippen LogP contribution >= 0.6 is 0 Å². The zero-order valence-electron chi connectivity index (χ0n) is 9.75. The Morgan fingerprint density at radius 1 is 1.27 bits per heavy atom. The number of terminal acetylenes is 1. The van der Waals surface area contributed by atoms with Crippen LogP contribution in [0.25, 0.3) is 0 Å². The molecule has 1 saturated heterocycles. The largest absolute Gasteiger partial charge is 0.444 e. The molecule has 1 N–H and O–H groups in total. The Kier molecular flexibility index (Phi) is 5.80. The number of ether oxygens (including phenoxy) is 1. The molecule has 1 heterocycles. The molecular formula is C11H20N2O2. The monoisotopic (exact) mass is 212 g/mol. The van der Waals surface area contributed by atoms with Gasteiger partial charge in [-0.1, -0.05) is 0 Å². The van der Waals surface area contributed by atoms with Gasteiger partial charge in [-0.3, -0.25) is 0 Å². The number of carbonyl (C=O) groups excluding carboxylic acids is 1. The summed E-state index contributed by atoms with van der Waals surface area (Å²) in [5.74, 6) is 0. The van der Waals surface area contributed by atoms with Crippen molar-refractivity contribution in [3.63, 3.8) is 0 Å². The fourth-order valence-electron chi connectivity index (χ4n) is 1.17. The summed E-state index contributed by atoms with van der Waals surface area (Å²) in [5, 5.41) is 3.18. The van der Waals surface area contributed by atoms with E-state index in [2.05, 4.69) is 18.2 Å². The SMILES string of the molecule is C#C.CC(C)(C)OC(=O)N1CCNCC1. The first-order chi connectivity index (χ1) is 6.99. The summed E-state index contributed by atoms with van der Waals surface area (Å²) in [6.07, 6.45) is 7.80. The molecule has 0 bridgehead atoms. The molecule has 4 nitrogen and oxygen atoms in total. The highest BCUT2D eigenvalue weighted by atomic mass is 16.6. The van der Waals surface area contributed by atoms with Gasteiger partial charge in [0.25, 0.3) is 0 Å². The van der Waals surface area contributed by atoms with Gasteiger partial charge in [0, 0.05) is 26.2 Å². The van der Waals surface area contributed by atoms with Crippen molar-refractivity contribution in [2.24, 2.45) is 0 Å². The van der Waals surface area contributed by atoms with Crippen molar-refractivity contribution < 1.29 is 9.53 Å². The minimum absolute atomic E-state index is 0.200. The summed E-state index contributed by atoms with van der Waals surface area (Å²) in [6.45, 7) is 8.86. The predicted octanol–water partition coefficient (Wildman–Crippen LogP) is 1.08. The second-order valence-corrected chi connectivity index (χ2v) is 4.22. The maximum atomic E-state index is 11.5. The number of piperazine rings is 1. The second-order valence-electron chi connectivity index (χ2n) is 4.22. The number of hydrogen-bond acceptors (Lipinski definition) is 3. The summed E-state index contributed by atoms with van der Waals surface area (Å²) in [7, 11) is 0. The molecule has 1 aliphatic rings. The number of rotatable bonds is 0. The van der Waals surface area contributed by atoms with Gasteiger partial charge < -0.3 is 15.0 Å². The Labute approximate surface area is 92.0 Å². The van der Waals surface area contributed by atoms with E-state index in [1.54, 1.807) is 4.90 Å². The van der Waals surface area contributed by atoms with Crippen LogP contribution < -0.4 is 5.32 Å². The molecular weight excluding hydrogens is 192 g/mol. The number of nitrogens with zero attached hydrogens (tertiary/aromatic N) is 1. The van der Waals surface area contributed by atoms with Crippen LogP contribution in [0, 0.1) is 12.8 Å². The highest BCUT2D eigenvalue weighted by molar-refractivity contribution is 5.68. The molecule has 15 heavy (non-hydrogen) atoms. The summed E-state index contributed by atoms with van der Waals surface area (Å²) < 4.78 is 5.24. The maximum Gasteiger partial charge on any atom is 0.410 e. The van der Waals surface area contributed by atoms with Crippen molar-refractivity contribution in [2.75, 3.05) is 26.2 Å². The van der Waals surface area contributed by atoms with E-state index in [-0.39, 0.29) is 11.7 Å². The molecule has 0 spiro atoms. The van der Waals surface area contributed by atoms with E-state index in [9.17, 15) is 4.79 Å². The standard InChI is InChI=1S/C9H18N2O2.C2H2/c1-9(2,3)13-8(12)11-6-4-10-5-7-11;1-2/h10H,4-7H2,1-3H3;1-2H. The number of amides is 1. The molecule has 0 saturated carbocycles. The van der Waals surface area contributed by atoms with Crippen molar-refractivity contribution in [1.29, 1.82) is 0 Å². The fraction of sp³-hybridized carbons (Fsp3) is 0.727. The average Bonchev–Trinajstić information content (AvgIpc) is 2.20. The van der Waals surface area contributed by atoms with E-state index < -0.39 is 0 Å². The Morgan fingerprint density at radius 3 is 2.13 bits per heavy atom. The zero-order chi connectivity index (χ0) is 11.9. The quantitative estimate of drug-likeness (QED) is 0.611. The minimum Gasteiger partial charge on any atom is -0.444 e. The molecule has 1 fully saturated rings. The van der Waals surface area contributed by atoms with Crippen LogP contribution in [-0.4, -0.2) is 42.8 Å². The van der Waals surface area contributed by atoms with E-state index in [1.807, 2.05) is 20.8 Å². The van der Waals surface area contributed by atoms with Crippen molar-refractivity contribution in [3.8, 4) is 12.8 Å². The van der Waals surface area contributed by atoms with Crippen molar-refractivity contribution in [3.05, 3.63) is 0 Å². The van der Waals surface area contributed by atoms with Gasteiger partial charge in [0.15, 0.2) is 0 Å². The predicted molar refractivity (Wildman–Crippen MR) is 60.6 cm³/mol. The third-order valence-electron chi connectivity index (χ3n) is 1.77. The van der Waals surface area contributed by atoms with Crippen molar-refractivity contribution >= 4 is 6.09 Å². The molecule has 0 radical (unpaired) electrons. The first kappa shape index (κ1) is 13.8. The lowest BCUT2D eigenvalue weighted by molar-refractivity contribution is 0.0229. The molecule has 0 atom stereocenters. The summed E-state index contributed by atoms with van der Waals surface area (Å²) in [5.41, 5.74) is -0.387. The molecule has 1 aliphatic heterocycles. The molecule has 1 amide bonds. The van der Waals surface area contributed by atoms with Crippen LogP contribution in [-0.2, 0) is 4.74 Å². The van der Waals surface area contributed by atoms with Gasteiger partial charge in [-0.25, -0.2) is 4.79 Å². The molecule has 1 rings (SSSR count). The highest BCUT2D eigenvalue weighted by Crippen LogP contribution is 2.09. The smallest absolute Gasteiger partial charge is 0.410 e. The maximum absolute atomic E-state index is 11.5. The van der Waals surface area contributed by atoms with Gasteiger partial charge in [-0.05, 0) is 20.8 Å². The molecule has 0 unspecified atom stereocenters. The van der Waals surface area contributed by atoms with E-state index in [0.29, 0.717) is 0 Å². The van der Waals surface area contributed by atoms with E-state index >= 15 is 0 Å². The van der Waals surface area contributed by atoms with Gasteiger partial charge >= 0.3 is 6.09 Å². The first-order valence-corrected chi connectivity index (χ1v) is 5.01. The van der Waals surface area contributed by atoms with Crippen molar-refractivity contribution in [1.82, 2.24) is 10.2 Å². The van der Waals surface area contributed by atoms with Crippen LogP contribution in [0.4, 0.5) is 4.79 Å². The average molecular weight is 212 g/mol. The third kappa shape index (κ3) is 5.97. The summed E-state index contributed by atoms with van der Waals surface area (Å²) in [6, 6.07) is 0. The summed E-state index contributed by atoms with van der Waals surface area (Å²) in [4.78, 5) is 13.2. The van der Waals surface area contributed by atoms with Crippen LogP contribution in [0.3, 0.4) is 0 Å². The van der Waals surface area contributed by atoms with Crippen molar-refractivity contribution in [2.45, 2.75) is 26.4 Å². The van der Waals surface area contributed by atoms with Crippen LogP contribution in [0.2, 0.25) is 0 Å². The Morgan fingerprint density at radius 2 is 1.73 bits per heavy atom. The van der Waals surface area contributed by atoms with Gasteiger partial charge in [0.2, 0.25) is 0 Å². The first-order valence-electron chi connectivity index (χ1n) is 5.01. The molecule has 0 aromatic rings. The topological polar surface area (TPSA) is 41.6 Å². The van der Waals surface area contributed by atoms with E-state index in [1.165, 1.54) is 0 Å². The van der Waals surface area contributed by atoms with Gasteiger partial charge in [0.05, 0.1) is 0 Å². The lowest BCUT2D eigenvalue weighted by Crippen LogP contribution is -2.48. The van der Waals surface area contributed by atoms with E-state index in [0.717, 1.165) is 26.2 Å². The lowest BCUT2D eigenvalue weighted by Gasteiger charge is -2.30.